The van der Waals surface area contributed by atoms with Gasteiger partial charge in [0.1, 0.15) is 0 Å². The number of anilines is 3. The third-order valence-electron chi connectivity index (χ3n) is 3.80. The molecular weight excluding hydrogens is 428 g/mol. The first-order chi connectivity index (χ1) is 14.3. The molecule has 0 atom stereocenters. The van der Waals surface area contributed by atoms with Crippen LogP contribution in [0.5, 0.6) is 0 Å². The Balaban J connectivity index is 1.61. The molecule has 0 fully saturated rings. The van der Waals surface area contributed by atoms with Crippen LogP contribution in [0.3, 0.4) is 0 Å². The van der Waals surface area contributed by atoms with Crippen LogP contribution in [0.1, 0.15) is 0 Å². The van der Waals surface area contributed by atoms with Gasteiger partial charge in [-0.1, -0.05) is 6.07 Å². The Morgan fingerprint density at radius 2 is 1.57 bits per heavy atom. The van der Waals surface area contributed by atoms with Crippen molar-refractivity contribution in [3.63, 3.8) is 0 Å². The number of carbonyl (C=O) groups is 2. The highest BCUT2D eigenvalue weighted by Crippen LogP contribution is 2.17. The summed E-state index contributed by atoms with van der Waals surface area (Å²) in [6, 6.07) is 12.5. The summed E-state index contributed by atoms with van der Waals surface area (Å²) in [6.45, 7) is 0. The molecular formula is C17H18N8O3S2. The molecule has 156 valence electrons. The Bertz CT molecular complexity index is 1140. The van der Waals surface area contributed by atoms with Crippen LogP contribution in [0.25, 0.3) is 5.69 Å². The summed E-state index contributed by atoms with van der Waals surface area (Å²) in [6.07, 6.45) is 0. The Morgan fingerprint density at radius 1 is 0.967 bits per heavy atom. The van der Waals surface area contributed by atoms with Crippen molar-refractivity contribution < 1.29 is 14.8 Å². The summed E-state index contributed by atoms with van der Waals surface area (Å²) < 4.78 is 2.46. The zero-order valence-corrected chi connectivity index (χ0v) is 17.2. The van der Waals surface area contributed by atoms with E-state index in [9.17, 15) is 9.59 Å². The van der Waals surface area contributed by atoms with Crippen molar-refractivity contribution in [2.45, 2.75) is 0 Å². The minimum atomic E-state index is -0.721. The topological polar surface area (TPSA) is 142 Å². The second-order valence-corrected chi connectivity index (χ2v) is 6.75. The molecule has 0 saturated carbocycles. The number of nitrogens with one attached hydrogen (secondary N) is 6. The first-order valence-corrected chi connectivity index (χ1v) is 9.32. The van der Waals surface area contributed by atoms with E-state index in [2.05, 4.69) is 31.7 Å². The maximum absolute atomic E-state index is 12.3. The molecule has 3 rings (SSSR count). The molecule has 0 bridgehead atoms. The normalized spacial score (nSPS) is 10.2. The maximum Gasteiger partial charge on any atom is 0.359 e. The monoisotopic (exact) mass is 446 g/mol. The summed E-state index contributed by atoms with van der Waals surface area (Å²) in [7, 11) is 1.19. The van der Waals surface area contributed by atoms with E-state index in [1.54, 1.807) is 47.0 Å². The molecule has 4 amide bonds. The SMILES string of the molecule is CN(O)C(=O)NNc1ccc(NC(=O)Nc2cccc(-n3c(=S)[nH][nH]c3=S)c2)cc1. The maximum atomic E-state index is 12.3. The molecule has 0 unspecified atom stereocenters. The third kappa shape index (κ3) is 5.22. The molecule has 2 aromatic carbocycles. The zero-order valence-electron chi connectivity index (χ0n) is 15.6. The smallest absolute Gasteiger partial charge is 0.308 e. The van der Waals surface area contributed by atoms with Crippen LogP contribution in [-0.4, -0.2) is 44.1 Å². The third-order valence-corrected chi connectivity index (χ3v) is 4.36. The fourth-order valence-electron chi connectivity index (χ4n) is 2.41. The van der Waals surface area contributed by atoms with Gasteiger partial charge in [0.15, 0.2) is 9.54 Å². The van der Waals surface area contributed by atoms with Crippen LogP contribution < -0.4 is 21.5 Å². The summed E-state index contributed by atoms with van der Waals surface area (Å²) in [5.74, 6) is 0. The molecule has 1 aromatic heterocycles. The van der Waals surface area contributed by atoms with Gasteiger partial charge in [-0.05, 0) is 66.9 Å². The van der Waals surface area contributed by atoms with Gasteiger partial charge in [-0.25, -0.2) is 20.1 Å². The number of nitrogens with zero attached hydrogens (tertiary/aromatic N) is 2. The van der Waals surface area contributed by atoms with Crippen LogP contribution in [0, 0.1) is 9.54 Å². The van der Waals surface area contributed by atoms with Crippen LogP contribution in [0.15, 0.2) is 48.5 Å². The van der Waals surface area contributed by atoms with E-state index in [0.717, 1.165) is 0 Å². The van der Waals surface area contributed by atoms with Gasteiger partial charge in [0, 0.05) is 18.4 Å². The summed E-state index contributed by atoms with van der Waals surface area (Å²) in [5.41, 5.74) is 7.25. The fourth-order valence-corrected chi connectivity index (χ4v) is 2.96. The molecule has 7 N–H and O–H groups in total. The number of hydrogen-bond donors (Lipinski definition) is 7. The molecule has 0 aliphatic rings. The standard InChI is InChI=1S/C17H18N8O3S2/c1-24(28)15(27)21-20-11-7-5-10(6-8-11)18-14(26)19-12-3-2-4-13(9-12)25-16(29)22-23-17(25)30/h2-9,20,28H,1H3,(H,21,27)(H,22,29)(H,23,30)(H2,18,19,26). The zero-order chi connectivity index (χ0) is 21.7. The second kappa shape index (κ2) is 9.21. The van der Waals surface area contributed by atoms with Gasteiger partial charge in [-0.15, -0.1) is 0 Å². The molecule has 0 radical (unpaired) electrons. The molecule has 30 heavy (non-hydrogen) atoms. The molecule has 1 heterocycles. The van der Waals surface area contributed by atoms with Crippen molar-refractivity contribution in [1.29, 1.82) is 0 Å². The Kier molecular flexibility index (Phi) is 6.46. The number of hydrogen-bond acceptors (Lipinski definition) is 6. The lowest BCUT2D eigenvalue weighted by atomic mass is 10.2. The number of hydrazine groups is 1. The van der Waals surface area contributed by atoms with Gasteiger partial charge in [-0.3, -0.25) is 25.4 Å². The highest BCUT2D eigenvalue weighted by Gasteiger charge is 2.07. The number of aromatic nitrogens is 3. The van der Waals surface area contributed by atoms with Gasteiger partial charge in [-0.2, -0.15) is 0 Å². The first-order valence-electron chi connectivity index (χ1n) is 8.50. The van der Waals surface area contributed by atoms with Crippen molar-refractivity contribution in [3.05, 3.63) is 58.1 Å². The minimum absolute atomic E-state index is 0.403. The van der Waals surface area contributed by atoms with E-state index in [-0.39, 0.29) is 0 Å². The number of H-pyrrole nitrogens is 2. The molecule has 0 aliphatic carbocycles. The van der Waals surface area contributed by atoms with Crippen LogP contribution in [0.4, 0.5) is 26.7 Å². The van der Waals surface area contributed by atoms with E-state index < -0.39 is 12.1 Å². The Hall–Kier alpha value is -3.68. The lowest BCUT2D eigenvalue weighted by molar-refractivity contribution is -0.0174. The highest BCUT2D eigenvalue weighted by atomic mass is 32.1. The number of urea groups is 2. The van der Waals surface area contributed by atoms with Crippen molar-refractivity contribution in [2.75, 3.05) is 23.1 Å². The van der Waals surface area contributed by atoms with Crippen LogP contribution >= 0.6 is 24.4 Å². The largest absolute Gasteiger partial charge is 0.359 e. The molecule has 11 nitrogen and oxygen atoms in total. The van der Waals surface area contributed by atoms with Gasteiger partial charge in [0.25, 0.3) is 0 Å². The number of benzene rings is 2. The number of aromatic amines is 2. The van der Waals surface area contributed by atoms with E-state index in [0.29, 0.717) is 37.4 Å². The van der Waals surface area contributed by atoms with Crippen LogP contribution in [-0.2, 0) is 0 Å². The van der Waals surface area contributed by atoms with E-state index in [4.69, 9.17) is 29.6 Å². The number of hydroxylamine groups is 2. The quantitative estimate of drug-likeness (QED) is 0.181. The first kappa shape index (κ1) is 21.0. The van der Waals surface area contributed by atoms with Crippen molar-refractivity contribution in [3.8, 4) is 5.69 Å². The predicted octanol–water partition coefficient (Wildman–Crippen LogP) is 3.59. The van der Waals surface area contributed by atoms with Gasteiger partial charge in [0.2, 0.25) is 0 Å². The number of carbonyl (C=O) groups excluding carboxylic acids is 2. The van der Waals surface area contributed by atoms with Crippen molar-refractivity contribution in [1.82, 2.24) is 25.3 Å². The van der Waals surface area contributed by atoms with E-state index in [1.165, 1.54) is 7.05 Å². The molecule has 13 heteroatoms. The molecule has 3 aromatic rings. The lowest BCUT2D eigenvalue weighted by Crippen LogP contribution is -2.38. The average molecular weight is 447 g/mol. The van der Waals surface area contributed by atoms with Gasteiger partial charge >= 0.3 is 12.1 Å². The predicted molar refractivity (Wildman–Crippen MR) is 117 cm³/mol. The molecule has 0 spiro atoms. The van der Waals surface area contributed by atoms with E-state index in [1.807, 2.05) is 6.07 Å². The average Bonchev–Trinajstić information content (AvgIpc) is 3.05. The highest BCUT2D eigenvalue weighted by molar-refractivity contribution is 7.72. The molecule has 0 aliphatic heterocycles. The van der Waals surface area contributed by atoms with E-state index >= 15 is 0 Å². The second-order valence-electron chi connectivity index (χ2n) is 5.98. The van der Waals surface area contributed by atoms with Gasteiger partial charge < -0.3 is 10.6 Å². The van der Waals surface area contributed by atoms with Crippen LogP contribution in [0.2, 0.25) is 0 Å². The number of amides is 4. The minimum Gasteiger partial charge on any atom is -0.308 e. The summed E-state index contributed by atoms with van der Waals surface area (Å²) in [4.78, 5) is 23.6. The summed E-state index contributed by atoms with van der Waals surface area (Å²) >= 11 is 10.4. The van der Waals surface area contributed by atoms with Crippen molar-refractivity contribution >= 4 is 53.6 Å². The lowest BCUT2D eigenvalue weighted by Gasteiger charge is -2.13. The summed E-state index contributed by atoms with van der Waals surface area (Å²) in [5, 5.41) is 20.3. The van der Waals surface area contributed by atoms with Gasteiger partial charge in [0.05, 0.1) is 11.4 Å². The molecule has 0 saturated heterocycles. The Morgan fingerprint density at radius 3 is 2.20 bits per heavy atom. The number of rotatable bonds is 5. The fraction of sp³-hybridized carbons (Fsp3) is 0.0588. The Labute approximate surface area is 180 Å². The van der Waals surface area contributed by atoms with Crippen molar-refractivity contribution in [2.24, 2.45) is 0 Å².